The molecule has 1 atom stereocenters. The van der Waals surface area contributed by atoms with Crippen molar-refractivity contribution < 1.29 is 13.2 Å². The number of halogens is 1. The lowest BCUT2D eigenvalue weighted by atomic mass is 10.1. The Morgan fingerprint density at radius 3 is 2.33 bits per heavy atom. The van der Waals surface area contributed by atoms with Crippen molar-refractivity contribution in [3.63, 3.8) is 0 Å². The van der Waals surface area contributed by atoms with Gasteiger partial charge in [0.15, 0.2) is 0 Å². The molecule has 0 radical (unpaired) electrons. The molecular weight excluding hydrogens is 386 g/mol. The van der Waals surface area contributed by atoms with Gasteiger partial charge in [0.05, 0.1) is 4.90 Å². The number of rotatable bonds is 6. The fourth-order valence-electron chi connectivity index (χ4n) is 3.89. The lowest BCUT2D eigenvalue weighted by Crippen LogP contribution is -2.40. The van der Waals surface area contributed by atoms with E-state index in [0.29, 0.717) is 37.4 Å². The third-order valence-electron chi connectivity index (χ3n) is 5.47. The smallest absolute Gasteiger partial charge is 0.243 e. The summed E-state index contributed by atoms with van der Waals surface area (Å²) in [6, 6.07) is 7.17. The number of nitrogens with zero attached hydrogens (tertiary/aromatic N) is 2. The van der Waals surface area contributed by atoms with Crippen molar-refractivity contribution in [3.8, 4) is 0 Å². The summed E-state index contributed by atoms with van der Waals surface area (Å²) in [6.45, 7) is 2.54. The van der Waals surface area contributed by atoms with Gasteiger partial charge in [-0.15, -0.1) is 12.4 Å². The van der Waals surface area contributed by atoms with Gasteiger partial charge in [-0.2, -0.15) is 4.31 Å². The highest BCUT2D eigenvalue weighted by atomic mass is 35.5. The molecule has 2 aliphatic rings. The van der Waals surface area contributed by atoms with Gasteiger partial charge in [-0.1, -0.05) is 18.6 Å². The number of carbonyl (C=O) groups excluding carboxylic acids is 1. The van der Waals surface area contributed by atoms with Gasteiger partial charge in [0.1, 0.15) is 0 Å². The standard InChI is InChI=1S/C19H29N3O3S.ClH/c20-15-17-5-4-14-22(17)19(23)11-8-16-6-9-18(10-7-16)26(24,25)21-12-2-1-3-13-21;/h6-7,9-10,17H,1-5,8,11-15,20H2;1H. The first-order valence-corrected chi connectivity index (χ1v) is 11.0. The van der Waals surface area contributed by atoms with E-state index < -0.39 is 10.0 Å². The van der Waals surface area contributed by atoms with Crippen LogP contribution in [0.2, 0.25) is 0 Å². The average molecular weight is 416 g/mol. The first-order valence-electron chi connectivity index (χ1n) is 9.61. The minimum Gasteiger partial charge on any atom is -0.338 e. The number of hydrogen-bond donors (Lipinski definition) is 1. The maximum atomic E-state index is 12.7. The van der Waals surface area contributed by atoms with Crippen molar-refractivity contribution in [2.24, 2.45) is 5.73 Å². The minimum atomic E-state index is -3.39. The number of amides is 1. The van der Waals surface area contributed by atoms with Gasteiger partial charge >= 0.3 is 0 Å². The normalized spacial score (nSPS) is 21.1. The van der Waals surface area contributed by atoms with Crippen LogP contribution < -0.4 is 5.73 Å². The highest BCUT2D eigenvalue weighted by Gasteiger charge is 2.27. The molecule has 0 bridgehead atoms. The Balaban J connectivity index is 0.00000261. The fourth-order valence-corrected chi connectivity index (χ4v) is 5.40. The van der Waals surface area contributed by atoms with E-state index in [-0.39, 0.29) is 24.4 Å². The Bertz CT molecular complexity index is 718. The van der Waals surface area contributed by atoms with E-state index >= 15 is 0 Å². The van der Waals surface area contributed by atoms with Crippen molar-refractivity contribution in [1.82, 2.24) is 9.21 Å². The van der Waals surface area contributed by atoms with E-state index in [1.807, 2.05) is 17.0 Å². The summed E-state index contributed by atoms with van der Waals surface area (Å²) in [5, 5.41) is 0. The van der Waals surface area contributed by atoms with Crippen LogP contribution in [0.15, 0.2) is 29.2 Å². The molecule has 1 unspecified atom stereocenters. The Labute approximate surface area is 168 Å². The zero-order valence-electron chi connectivity index (χ0n) is 15.7. The molecule has 6 nitrogen and oxygen atoms in total. The van der Waals surface area contributed by atoms with Gasteiger partial charge in [-0.3, -0.25) is 4.79 Å². The molecule has 2 N–H and O–H groups in total. The van der Waals surface area contributed by atoms with Crippen molar-refractivity contribution in [3.05, 3.63) is 29.8 Å². The van der Waals surface area contributed by atoms with Crippen molar-refractivity contribution in [2.45, 2.75) is 55.9 Å². The van der Waals surface area contributed by atoms with Crippen LogP contribution in [0.4, 0.5) is 0 Å². The Kier molecular flexibility index (Phi) is 8.09. The molecule has 0 aliphatic carbocycles. The summed E-state index contributed by atoms with van der Waals surface area (Å²) in [7, 11) is -3.39. The number of sulfonamides is 1. The molecule has 1 aromatic carbocycles. The third-order valence-corrected chi connectivity index (χ3v) is 7.39. The average Bonchev–Trinajstić information content (AvgIpc) is 3.16. The lowest BCUT2D eigenvalue weighted by Gasteiger charge is -2.26. The molecule has 3 rings (SSSR count). The van der Waals surface area contributed by atoms with E-state index in [1.165, 1.54) is 0 Å². The zero-order valence-corrected chi connectivity index (χ0v) is 17.3. The highest BCUT2D eigenvalue weighted by Crippen LogP contribution is 2.22. The lowest BCUT2D eigenvalue weighted by molar-refractivity contribution is -0.131. The summed E-state index contributed by atoms with van der Waals surface area (Å²) in [4.78, 5) is 14.6. The largest absolute Gasteiger partial charge is 0.338 e. The number of benzene rings is 1. The van der Waals surface area contributed by atoms with Gasteiger partial charge < -0.3 is 10.6 Å². The van der Waals surface area contributed by atoms with Crippen LogP contribution in [0.5, 0.6) is 0 Å². The van der Waals surface area contributed by atoms with E-state index in [1.54, 1.807) is 16.4 Å². The summed E-state index contributed by atoms with van der Waals surface area (Å²) >= 11 is 0. The van der Waals surface area contributed by atoms with Gasteiger partial charge in [0, 0.05) is 38.6 Å². The summed E-state index contributed by atoms with van der Waals surface area (Å²) < 4.78 is 26.9. The molecule has 2 aliphatic heterocycles. The summed E-state index contributed by atoms with van der Waals surface area (Å²) in [6.07, 6.45) is 6.04. The monoisotopic (exact) mass is 415 g/mol. The molecular formula is C19H30ClN3O3S. The number of likely N-dealkylation sites (tertiary alicyclic amines) is 1. The number of nitrogens with two attached hydrogens (primary N) is 1. The summed E-state index contributed by atoms with van der Waals surface area (Å²) in [5.74, 6) is 0.142. The molecule has 2 saturated heterocycles. The van der Waals surface area contributed by atoms with E-state index in [2.05, 4.69) is 0 Å². The van der Waals surface area contributed by atoms with E-state index in [0.717, 1.165) is 44.2 Å². The van der Waals surface area contributed by atoms with Crippen LogP contribution in [0.1, 0.15) is 44.1 Å². The molecule has 0 saturated carbocycles. The zero-order chi connectivity index (χ0) is 18.6. The molecule has 152 valence electrons. The van der Waals surface area contributed by atoms with Crippen LogP contribution in [-0.2, 0) is 21.2 Å². The maximum absolute atomic E-state index is 12.7. The quantitative estimate of drug-likeness (QED) is 0.771. The van der Waals surface area contributed by atoms with E-state index in [4.69, 9.17) is 5.73 Å². The van der Waals surface area contributed by atoms with Crippen molar-refractivity contribution >= 4 is 28.3 Å². The molecule has 8 heteroatoms. The van der Waals surface area contributed by atoms with Crippen molar-refractivity contribution in [1.29, 1.82) is 0 Å². The van der Waals surface area contributed by atoms with Gasteiger partial charge in [0.25, 0.3) is 0 Å². The Morgan fingerprint density at radius 1 is 1.04 bits per heavy atom. The van der Waals surface area contributed by atoms with Crippen LogP contribution in [0.25, 0.3) is 0 Å². The molecule has 0 spiro atoms. The molecule has 2 heterocycles. The molecule has 0 aromatic heterocycles. The van der Waals surface area contributed by atoms with Gasteiger partial charge in [0.2, 0.25) is 15.9 Å². The highest BCUT2D eigenvalue weighted by molar-refractivity contribution is 7.89. The van der Waals surface area contributed by atoms with Gasteiger partial charge in [-0.05, 0) is 49.8 Å². The second-order valence-electron chi connectivity index (χ2n) is 7.23. The second kappa shape index (κ2) is 9.87. The van der Waals surface area contributed by atoms with Crippen LogP contribution in [-0.4, -0.2) is 55.8 Å². The molecule has 2 fully saturated rings. The van der Waals surface area contributed by atoms with E-state index in [9.17, 15) is 13.2 Å². The Hall–Kier alpha value is -1.15. The first-order chi connectivity index (χ1) is 12.5. The number of piperidine rings is 1. The predicted molar refractivity (Wildman–Crippen MR) is 108 cm³/mol. The predicted octanol–water partition coefficient (Wildman–Crippen LogP) is 2.17. The van der Waals surface area contributed by atoms with Crippen LogP contribution >= 0.6 is 12.4 Å². The molecule has 1 amide bonds. The maximum Gasteiger partial charge on any atom is 0.243 e. The summed E-state index contributed by atoms with van der Waals surface area (Å²) in [5.41, 5.74) is 6.72. The first kappa shape index (κ1) is 22.1. The third kappa shape index (κ3) is 5.22. The molecule has 1 aromatic rings. The minimum absolute atomic E-state index is 0. The van der Waals surface area contributed by atoms with Crippen LogP contribution in [0, 0.1) is 0 Å². The Morgan fingerprint density at radius 2 is 1.70 bits per heavy atom. The fraction of sp³-hybridized carbons (Fsp3) is 0.632. The molecule has 27 heavy (non-hydrogen) atoms. The SMILES string of the molecule is Cl.NCC1CCCN1C(=O)CCc1ccc(S(=O)(=O)N2CCCCC2)cc1. The topological polar surface area (TPSA) is 83.7 Å². The second-order valence-corrected chi connectivity index (χ2v) is 9.17. The van der Waals surface area contributed by atoms with Gasteiger partial charge in [-0.25, -0.2) is 8.42 Å². The number of hydrogen-bond acceptors (Lipinski definition) is 4. The number of aryl methyl sites for hydroxylation is 1. The number of carbonyl (C=O) groups is 1. The van der Waals surface area contributed by atoms with Crippen LogP contribution in [0.3, 0.4) is 0 Å². The van der Waals surface area contributed by atoms with Crippen molar-refractivity contribution in [2.75, 3.05) is 26.2 Å².